The van der Waals surface area contributed by atoms with Gasteiger partial charge in [-0.25, -0.2) is 17.8 Å². The Morgan fingerprint density at radius 3 is 2.55 bits per heavy atom. The molecule has 0 aliphatic carbocycles. The Kier molecular flexibility index (Phi) is 4.93. The van der Waals surface area contributed by atoms with E-state index in [9.17, 15) is 22.7 Å². The molecule has 0 fully saturated rings. The summed E-state index contributed by atoms with van der Waals surface area (Å²) in [5.74, 6) is -1.64. The van der Waals surface area contributed by atoms with Crippen molar-refractivity contribution in [2.45, 2.75) is 30.0 Å². The molecule has 2 N–H and O–H groups in total. The highest BCUT2D eigenvalue weighted by atomic mass is 32.2. The summed E-state index contributed by atoms with van der Waals surface area (Å²) in [6, 6.07) is 11.9. The van der Waals surface area contributed by atoms with Crippen molar-refractivity contribution < 1.29 is 22.7 Å². The highest BCUT2D eigenvalue weighted by Gasteiger charge is 2.48. The van der Waals surface area contributed by atoms with Gasteiger partial charge in [0, 0.05) is 28.4 Å². The average molecular weight is 441 g/mol. The molecule has 4 aromatic rings. The Morgan fingerprint density at radius 2 is 1.94 bits per heavy atom. The molecule has 31 heavy (non-hydrogen) atoms. The first-order valence-electron chi connectivity index (χ1n) is 9.47. The lowest BCUT2D eigenvalue weighted by Crippen LogP contribution is -2.35. The first-order valence-corrected chi connectivity index (χ1v) is 11.0. The number of carbonyl (C=O) groups is 1. The van der Waals surface area contributed by atoms with Crippen molar-refractivity contribution in [3.8, 4) is 0 Å². The number of sulfone groups is 1. The number of H-pyrrole nitrogens is 1. The number of imidazole rings is 1. The molecule has 9 heteroatoms. The zero-order chi connectivity index (χ0) is 22.4. The van der Waals surface area contributed by atoms with Crippen LogP contribution in [0.25, 0.3) is 10.9 Å². The third-order valence-corrected chi connectivity index (χ3v) is 8.05. The Hall–Kier alpha value is -3.46. The van der Waals surface area contributed by atoms with E-state index in [4.69, 9.17) is 0 Å². The molecule has 4 rings (SSSR count). The van der Waals surface area contributed by atoms with Crippen molar-refractivity contribution >= 4 is 26.7 Å². The summed E-state index contributed by atoms with van der Waals surface area (Å²) in [6.45, 7) is 2.78. The topological polar surface area (TPSA) is 105 Å². The van der Waals surface area contributed by atoms with Gasteiger partial charge in [-0.1, -0.05) is 18.2 Å². The number of halogens is 1. The van der Waals surface area contributed by atoms with E-state index < -0.39 is 32.9 Å². The molecular weight excluding hydrogens is 421 g/mol. The number of hydrogen-bond donors (Lipinski definition) is 2. The average Bonchev–Trinajstić information content (AvgIpc) is 3.36. The standard InChI is InChI=1S/C22H20FN3O4S/c1-14-21(17-10-15(23)8-9-18(17)26(14)12-20(27)28)22(2,19-11-24-13-25-19)31(29,30)16-6-4-3-5-7-16/h3-11,13H,12H2,1-2H3,(H,24,25)(H,27,28). The van der Waals surface area contributed by atoms with Crippen molar-refractivity contribution in [3.05, 3.63) is 83.8 Å². The number of nitrogens with one attached hydrogen (secondary N) is 1. The van der Waals surface area contributed by atoms with E-state index in [0.717, 1.165) is 0 Å². The van der Waals surface area contributed by atoms with Crippen molar-refractivity contribution in [2.75, 3.05) is 0 Å². The lowest BCUT2D eigenvalue weighted by atomic mass is 9.94. The molecule has 0 radical (unpaired) electrons. The van der Waals surface area contributed by atoms with Gasteiger partial charge in [0.25, 0.3) is 0 Å². The summed E-state index contributed by atoms with van der Waals surface area (Å²) in [7, 11) is -4.07. The molecule has 2 aromatic carbocycles. The van der Waals surface area contributed by atoms with Gasteiger partial charge in [-0.05, 0) is 44.2 Å². The zero-order valence-corrected chi connectivity index (χ0v) is 17.6. The molecule has 0 saturated heterocycles. The highest BCUT2D eigenvalue weighted by molar-refractivity contribution is 7.92. The van der Waals surface area contributed by atoms with Gasteiger partial charge in [-0.3, -0.25) is 4.79 Å². The summed E-state index contributed by atoms with van der Waals surface area (Å²) in [4.78, 5) is 18.5. The van der Waals surface area contributed by atoms with Crippen LogP contribution in [0.15, 0.2) is 66.0 Å². The number of aromatic amines is 1. The van der Waals surface area contributed by atoms with E-state index in [1.165, 1.54) is 54.3 Å². The first-order chi connectivity index (χ1) is 14.7. The molecule has 0 aliphatic heterocycles. The SMILES string of the molecule is Cc1c(C(C)(c2cnc[nH]2)S(=O)(=O)c2ccccc2)c2cc(F)ccc2n1CC(=O)O. The van der Waals surface area contributed by atoms with Crippen LogP contribution in [-0.4, -0.2) is 34.0 Å². The maximum Gasteiger partial charge on any atom is 0.323 e. The van der Waals surface area contributed by atoms with E-state index in [-0.39, 0.29) is 10.6 Å². The van der Waals surface area contributed by atoms with Crippen LogP contribution in [0.5, 0.6) is 0 Å². The van der Waals surface area contributed by atoms with Gasteiger partial charge < -0.3 is 14.7 Å². The van der Waals surface area contributed by atoms with Crippen molar-refractivity contribution in [2.24, 2.45) is 0 Å². The molecule has 2 aromatic heterocycles. The van der Waals surface area contributed by atoms with Crippen molar-refractivity contribution in [1.29, 1.82) is 0 Å². The van der Waals surface area contributed by atoms with Crippen LogP contribution in [0.3, 0.4) is 0 Å². The third kappa shape index (κ3) is 3.12. The molecule has 0 saturated carbocycles. The molecule has 0 spiro atoms. The van der Waals surface area contributed by atoms with Crippen molar-refractivity contribution in [1.82, 2.24) is 14.5 Å². The largest absolute Gasteiger partial charge is 0.480 e. The molecule has 0 bridgehead atoms. The normalized spacial score (nSPS) is 13.9. The third-order valence-electron chi connectivity index (χ3n) is 5.66. The van der Waals surface area contributed by atoms with Crippen LogP contribution in [0.2, 0.25) is 0 Å². The van der Waals surface area contributed by atoms with Crippen LogP contribution < -0.4 is 0 Å². The number of nitrogens with zero attached hydrogens (tertiary/aromatic N) is 2. The van der Waals surface area contributed by atoms with Gasteiger partial charge in [0.15, 0.2) is 9.84 Å². The van der Waals surface area contributed by atoms with E-state index >= 15 is 0 Å². The van der Waals surface area contributed by atoms with Crippen LogP contribution in [0.4, 0.5) is 4.39 Å². The first kappa shape index (κ1) is 20.8. The Bertz CT molecular complexity index is 1380. The van der Waals surface area contributed by atoms with E-state index in [2.05, 4.69) is 9.97 Å². The van der Waals surface area contributed by atoms with Crippen LogP contribution in [0, 0.1) is 12.7 Å². The minimum atomic E-state index is -4.07. The van der Waals surface area contributed by atoms with E-state index in [1.54, 1.807) is 25.1 Å². The van der Waals surface area contributed by atoms with Crippen LogP contribution >= 0.6 is 0 Å². The van der Waals surface area contributed by atoms with E-state index in [0.29, 0.717) is 22.2 Å². The number of carboxylic acids is 1. The summed E-state index contributed by atoms with van der Waals surface area (Å²) in [5, 5.41) is 9.74. The Labute approximate surface area is 178 Å². The molecule has 0 aliphatic rings. The smallest absolute Gasteiger partial charge is 0.323 e. The quantitative estimate of drug-likeness (QED) is 0.475. The second-order valence-electron chi connectivity index (χ2n) is 7.42. The number of aromatic nitrogens is 3. The lowest BCUT2D eigenvalue weighted by molar-refractivity contribution is -0.137. The maximum atomic E-state index is 14.3. The number of rotatable bonds is 6. The molecule has 1 atom stereocenters. The molecule has 2 heterocycles. The van der Waals surface area contributed by atoms with Gasteiger partial charge in [0.05, 0.1) is 16.9 Å². The predicted octanol–water partition coefficient (Wildman–Crippen LogP) is 3.63. The van der Waals surface area contributed by atoms with Crippen LogP contribution in [0.1, 0.15) is 23.9 Å². The van der Waals surface area contributed by atoms with E-state index in [1.807, 2.05) is 0 Å². The van der Waals surface area contributed by atoms with Gasteiger partial charge >= 0.3 is 5.97 Å². The minimum absolute atomic E-state index is 0.0852. The van der Waals surface area contributed by atoms with Gasteiger partial charge in [-0.2, -0.15) is 0 Å². The molecular formula is C22H20FN3O4S. The van der Waals surface area contributed by atoms with Gasteiger partial charge in [-0.15, -0.1) is 0 Å². The maximum absolute atomic E-state index is 14.3. The summed E-state index contributed by atoms with van der Waals surface area (Å²) < 4.78 is 42.1. The number of aliphatic carboxylic acids is 1. The predicted molar refractivity (Wildman–Crippen MR) is 113 cm³/mol. The minimum Gasteiger partial charge on any atom is -0.480 e. The second kappa shape index (κ2) is 7.35. The Balaban J connectivity index is 2.15. The van der Waals surface area contributed by atoms with Crippen molar-refractivity contribution in [3.63, 3.8) is 0 Å². The zero-order valence-electron chi connectivity index (χ0n) is 16.8. The number of benzene rings is 2. The Morgan fingerprint density at radius 1 is 1.23 bits per heavy atom. The molecule has 0 amide bonds. The fraction of sp³-hybridized carbons (Fsp3) is 0.182. The molecule has 160 valence electrons. The molecule has 1 unspecified atom stereocenters. The number of hydrogen-bond acceptors (Lipinski definition) is 4. The fourth-order valence-electron chi connectivity index (χ4n) is 4.16. The highest BCUT2D eigenvalue weighted by Crippen LogP contribution is 2.46. The van der Waals surface area contributed by atoms with Gasteiger partial charge in [0.2, 0.25) is 0 Å². The van der Waals surface area contributed by atoms with Crippen LogP contribution in [-0.2, 0) is 25.9 Å². The number of fused-ring (bicyclic) bond motifs is 1. The summed E-state index contributed by atoms with van der Waals surface area (Å²) in [6.07, 6.45) is 2.79. The van der Waals surface area contributed by atoms with Gasteiger partial charge in [0.1, 0.15) is 17.1 Å². The second-order valence-corrected chi connectivity index (χ2v) is 9.71. The summed E-state index contributed by atoms with van der Waals surface area (Å²) >= 11 is 0. The summed E-state index contributed by atoms with van der Waals surface area (Å²) in [5.41, 5.74) is 1.44. The monoisotopic (exact) mass is 441 g/mol. The molecule has 7 nitrogen and oxygen atoms in total. The lowest BCUT2D eigenvalue weighted by Gasteiger charge is -2.29. The fourth-order valence-corrected chi connectivity index (χ4v) is 6.08. The number of carboxylic acid groups (broad SMARTS) is 1.